The normalized spacial score (nSPS) is 23.2. The number of hydrogen-bond donors (Lipinski definition) is 0. The quantitative estimate of drug-likeness (QED) is 0.710. The number of nitrogens with zero attached hydrogens (tertiary/aromatic N) is 1. The molecule has 6 heteroatoms. The van der Waals surface area contributed by atoms with E-state index in [0.29, 0.717) is 12.1 Å². The van der Waals surface area contributed by atoms with Gasteiger partial charge in [-0.05, 0) is 51.3 Å². The van der Waals surface area contributed by atoms with Crippen molar-refractivity contribution in [3.8, 4) is 0 Å². The summed E-state index contributed by atoms with van der Waals surface area (Å²) in [6, 6.07) is 2.36. The molecule has 0 radical (unpaired) electrons. The van der Waals surface area contributed by atoms with Crippen molar-refractivity contribution in [1.29, 1.82) is 0 Å². The van der Waals surface area contributed by atoms with Crippen molar-refractivity contribution in [3.05, 3.63) is 35.1 Å². The highest BCUT2D eigenvalue weighted by Crippen LogP contribution is 2.33. The molecule has 0 bridgehead atoms. The van der Waals surface area contributed by atoms with E-state index in [9.17, 15) is 22.4 Å². The molecule has 0 aromatic heterocycles. The zero-order valence-electron chi connectivity index (χ0n) is 11.9. The fourth-order valence-electron chi connectivity index (χ4n) is 2.85. The van der Waals surface area contributed by atoms with Gasteiger partial charge in [0.1, 0.15) is 5.82 Å². The maximum atomic E-state index is 13.3. The van der Waals surface area contributed by atoms with Crippen LogP contribution >= 0.6 is 0 Å². The molecule has 2 atom stereocenters. The van der Waals surface area contributed by atoms with Gasteiger partial charge in [-0.1, -0.05) is 0 Å². The maximum Gasteiger partial charge on any atom is 0.419 e. The highest BCUT2D eigenvalue weighted by molar-refractivity contribution is 5.95. The molecule has 1 aromatic rings. The van der Waals surface area contributed by atoms with E-state index in [2.05, 4.69) is 0 Å². The molecule has 0 spiro atoms. The van der Waals surface area contributed by atoms with Crippen LogP contribution in [0.15, 0.2) is 18.2 Å². The van der Waals surface area contributed by atoms with Gasteiger partial charge in [-0.3, -0.25) is 4.79 Å². The highest BCUT2D eigenvalue weighted by atomic mass is 19.4. The first-order chi connectivity index (χ1) is 9.71. The van der Waals surface area contributed by atoms with Crippen LogP contribution in [-0.4, -0.2) is 22.9 Å². The Hall–Kier alpha value is -1.59. The van der Waals surface area contributed by atoms with E-state index in [1.165, 1.54) is 0 Å². The second-order valence-electron chi connectivity index (χ2n) is 5.53. The molecule has 1 aromatic carbocycles. The summed E-state index contributed by atoms with van der Waals surface area (Å²) in [4.78, 5) is 14.0. The molecule has 1 aliphatic rings. The molecule has 21 heavy (non-hydrogen) atoms. The molecule has 2 rings (SSSR count). The van der Waals surface area contributed by atoms with Crippen molar-refractivity contribution in [2.24, 2.45) is 0 Å². The molecular formula is C15H17F4NO. The largest absolute Gasteiger partial charge is 0.419 e. The average Bonchev–Trinajstić information content (AvgIpc) is 2.37. The van der Waals surface area contributed by atoms with E-state index in [1.54, 1.807) is 4.90 Å². The fourth-order valence-corrected chi connectivity index (χ4v) is 2.85. The minimum atomic E-state index is -4.81. The van der Waals surface area contributed by atoms with E-state index in [0.717, 1.165) is 25.3 Å². The molecule has 0 N–H and O–H groups in total. The predicted octanol–water partition coefficient (Wildman–Crippen LogP) is 4.25. The summed E-state index contributed by atoms with van der Waals surface area (Å²) >= 11 is 0. The van der Waals surface area contributed by atoms with Crippen molar-refractivity contribution in [2.75, 3.05) is 0 Å². The molecule has 1 amide bonds. The Labute approximate surface area is 120 Å². The van der Waals surface area contributed by atoms with Crippen molar-refractivity contribution in [3.63, 3.8) is 0 Å². The van der Waals surface area contributed by atoms with Crippen LogP contribution in [0.5, 0.6) is 0 Å². The summed E-state index contributed by atoms with van der Waals surface area (Å²) in [7, 11) is 0. The molecule has 1 heterocycles. The van der Waals surface area contributed by atoms with Crippen molar-refractivity contribution in [1.82, 2.24) is 4.90 Å². The number of carbonyl (C=O) groups excluding carboxylic acids is 1. The van der Waals surface area contributed by atoms with E-state index in [4.69, 9.17) is 0 Å². The number of hydrogen-bond acceptors (Lipinski definition) is 1. The van der Waals surface area contributed by atoms with Gasteiger partial charge >= 0.3 is 6.18 Å². The van der Waals surface area contributed by atoms with Crippen LogP contribution in [0.3, 0.4) is 0 Å². The Kier molecular flexibility index (Phi) is 4.25. The third-order valence-corrected chi connectivity index (χ3v) is 3.95. The van der Waals surface area contributed by atoms with Gasteiger partial charge < -0.3 is 4.90 Å². The molecule has 1 aliphatic heterocycles. The lowest BCUT2D eigenvalue weighted by Gasteiger charge is -2.39. The SMILES string of the molecule is C[C@@H]1CCC[C@H](C)N1C(=O)c1ccc(F)c(C(F)(F)F)c1. The molecule has 0 aliphatic carbocycles. The van der Waals surface area contributed by atoms with Crippen LogP contribution in [0.2, 0.25) is 0 Å². The predicted molar refractivity (Wildman–Crippen MR) is 70.3 cm³/mol. The number of amides is 1. The second kappa shape index (κ2) is 5.66. The van der Waals surface area contributed by atoms with Gasteiger partial charge in [0.25, 0.3) is 5.91 Å². The monoisotopic (exact) mass is 303 g/mol. The first kappa shape index (κ1) is 15.8. The minimum Gasteiger partial charge on any atom is -0.333 e. The highest BCUT2D eigenvalue weighted by Gasteiger charge is 2.36. The lowest BCUT2D eigenvalue weighted by molar-refractivity contribution is -0.140. The van der Waals surface area contributed by atoms with Gasteiger partial charge in [0.15, 0.2) is 0 Å². The minimum absolute atomic E-state index is 0.0272. The molecule has 116 valence electrons. The Morgan fingerprint density at radius 1 is 1.19 bits per heavy atom. The standard InChI is InChI=1S/C15H17F4NO/c1-9-4-3-5-10(2)20(9)14(21)11-6-7-13(16)12(8-11)15(17,18)19/h6-10H,3-5H2,1-2H3/t9-,10+. The average molecular weight is 303 g/mol. The Morgan fingerprint density at radius 2 is 1.76 bits per heavy atom. The molecule has 1 saturated heterocycles. The number of likely N-dealkylation sites (tertiary alicyclic amines) is 1. The van der Waals surface area contributed by atoms with Crippen molar-refractivity contribution < 1.29 is 22.4 Å². The Balaban J connectivity index is 2.35. The maximum absolute atomic E-state index is 13.3. The van der Waals surface area contributed by atoms with Crippen LogP contribution in [0.4, 0.5) is 17.6 Å². The molecular weight excluding hydrogens is 286 g/mol. The lowest BCUT2D eigenvalue weighted by Crippen LogP contribution is -2.47. The number of benzene rings is 1. The third-order valence-electron chi connectivity index (χ3n) is 3.95. The number of carbonyl (C=O) groups is 1. The van der Waals surface area contributed by atoms with Gasteiger partial charge in [0.05, 0.1) is 5.56 Å². The molecule has 1 fully saturated rings. The summed E-state index contributed by atoms with van der Waals surface area (Å²) in [5.41, 5.74) is -1.52. The summed E-state index contributed by atoms with van der Waals surface area (Å²) in [5, 5.41) is 0. The summed E-state index contributed by atoms with van der Waals surface area (Å²) in [6.07, 6.45) is -2.17. The van der Waals surface area contributed by atoms with Gasteiger partial charge in [-0.15, -0.1) is 0 Å². The van der Waals surface area contributed by atoms with E-state index < -0.39 is 23.5 Å². The lowest BCUT2D eigenvalue weighted by atomic mass is 9.96. The van der Waals surface area contributed by atoms with Crippen LogP contribution in [0.1, 0.15) is 49.0 Å². The number of piperidine rings is 1. The second-order valence-corrected chi connectivity index (χ2v) is 5.53. The van der Waals surface area contributed by atoms with Gasteiger partial charge in [-0.2, -0.15) is 13.2 Å². The van der Waals surface area contributed by atoms with Gasteiger partial charge in [0.2, 0.25) is 0 Å². The van der Waals surface area contributed by atoms with Crippen molar-refractivity contribution in [2.45, 2.75) is 51.4 Å². The van der Waals surface area contributed by atoms with Crippen LogP contribution in [-0.2, 0) is 6.18 Å². The third kappa shape index (κ3) is 3.19. The smallest absolute Gasteiger partial charge is 0.333 e. The van der Waals surface area contributed by atoms with Crippen LogP contribution in [0.25, 0.3) is 0 Å². The van der Waals surface area contributed by atoms with Gasteiger partial charge in [0, 0.05) is 17.6 Å². The Bertz CT molecular complexity index is 531. The zero-order valence-corrected chi connectivity index (χ0v) is 11.9. The zero-order chi connectivity index (χ0) is 15.8. The summed E-state index contributed by atoms with van der Waals surface area (Å²) in [6.45, 7) is 3.75. The molecule has 0 unspecified atom stereocenters. The first-order valence-corrected chi connectivity index (χ1v) is 6.91. The summed E-state index contributed by atoms with van der Waals surface area (Å²) < 4.78 is 51.4. The van der Waals surface area contributed by atoms with Crippen LogP contribution in [0, 0.1) is 5.82 Å². The Morgan fingerprint density at radius 3 is 2.29 bits per heavy atom. The first-order valence-electron chi connectivity index (χ1n) is 6.91. The van der Waals surface area contributed by atoms with Crippen LogP contribution < -0.4 is 0 Å². The van der Waals surface area contributed by atoms with E-state index >= 15 is 0 Å². The van der Waals surface area contributed by atoms with E-state index in [-0.39, 0.29) is 17.6 Å². The number of alkyl halides is 3. The topological polar surface area (TPSA) is 20.3 Å². The van der Waals surface area contributed by atoms with Gasteiger partial charge in [-0.25, -0.2) is 4.39 Å². The summed E-state index contributed by atoms with van der Waals surface area (Å²) in [5.74, 6) is -1.83. The molecule has 2 nitrogen and oxygen atoms in total. The number of halogens is 4. The fraction of sp³-hybridized carbons (Fsp3) is 0.533. The molecule has 0 saturated carbocycles. The van der Waals surface area contributed by atoms with Crippen molar-refractivity contribution >= 4 is 5.91 Å². The number of rotatable bonds is 1. The van der Waals surface area contributed by atoms with E-state index in [1.807, 2.05) is 13.8 Å².